The molecule has 1 aromatic carbocycles. The molecule has 9 nitrogen and oxygen atoms in total. The molecule has 0 N–H and O–H groups in total. The highest BCUT2D eigenvalue weighted by Crippen LogP contribution is 2.34. The lowest BCUT2D eigenvalue weighted by molar-refractivity contribution is -0.132. The van der Waals surface area contributed by atoms with Crippen molar-refractivity contribution in [1.82, 2.24) is 23.6 Å². The lowest BCUT2D eigenvalue weighted by Gasteiger charge is -2.24. The summed E-state index contributed by atoms with van der Waals surface area (Å²) < 4.78 is 9.40. The maximum absolute atomic E-state index is 13.6. The van der Waals surface area contributed by atoms with Crippen molar-refractivity contribution in [2.75, 3.05) is 20.3 Å². The van der Waals surface area contributed by atoms with Crippen LogP contribution in [0.3, 0.4) is 0 Å². The first-order valence-corrected chi connectivity index (χ1v) is 12.5. The second-order valence-corrected chi connectivity index (χ2v) is 9.59. The first-order chi connectivity index (χ1) is 17.1. The predicted octanol–water partition coefficient (Wildman–Crippen LogP) is 2.48. The molecule has 0 bridgehead atoms. The topological polar surface area (TPSA) is 91.4 Å². The van der Waals surface area contributed by atoms with Gasteiger partial charge in [-0.25, -0.2) is 14.3 Å². The van der Waals surface area contributed by atoms with Gasteiger partial charge in [-0.05, 0) is 29.9 Å². The molecule has 3 aromatic heterocycles. The van der Waals surface area contributed by atoms with Crippen molar-refractivity contribution in [2.24, 2.45) is 0 Å². The van der Waals surface area contributed by atoms with Crippen molar-refractivity contribution in [3.05, 3.63) is 85.5 Å². The van der Waals surface area contributed by atoms with Gasteiger partial charge in [0.25, 0.3) is 5.56 Å². The lowest BCUT2D eigenvalue weighted by Crippen LogP contribution is -2.45. The molecule has 1 aliphatic heterocycles. The van der Waals surface area contributed by atoms with E-state index in [2.05, 4.69) is 4.98 Å². The van der Waals surface area contributed by atoms with Crippen molar-refractivity contribution in [3.63, 3.8) is 0 Å². The summed E-state index contributed by atoms with van der Waals surface area (Å²) in [4.78, 5) is 47.8. The first-order valence-electron chi connectivity index (χ1n) is 11.6. The van der Waals surface area contributed by atoms with Gasteiger partial charge in [-0.3, -0.25) is 14.2 Å². The Labute approximate surface area is 205 Å². The summed E-state index contributed by atoms with van der Waals surface area (Å²) in [6.45, 7) is 1.35. The van der Waals surface area contributed by atoms with Crippen molar-refractivity contribution >= 4 is 28.4 Å². The maximum atomic E-state index is 13.6. The van der Waals surface area contributed by atoms with E-state index >= 15 is 0 Å². The number of carbonyl (C=O) groups is 1. The number of ether oxygens (including phenoxy) is 1. The third kappa shape index (κ3) is 4.46. The van der Waals surface area contributed by atoms with Crippen LogP contribution in [-0.2, 0) is 29.2 Å². The molecule has 0 spiro atoms. The third-order valence-corrected chi connectivity index (χ3v) is 7.42. The molecule has 1 saturated heterocycles. The first kappa shape index (κ1) is 23.3. The predicted molar refractivity (Wildman–Crippen MR) is 134 cm³/mol. The SMILES string of the molecule is COCCn1cnc2c1c(=O)n(CC(=O)N1CCC[C@@H]1c1cccs1)c(=O)n2Cc1ccccc1. The Balaban J connectivity index is 1.57. The molecule has 0 saturated carbocycles. The fraction of sp³-hybridized carbons (Fsp3) is 0.360. The number of imidazole rings is 1. The van der Waals surface area contributed by atoms with Crippen LogP contribution in [-0.4, -0.2) is 49.8 Å². The molecule has 1 aliphatic rings. The quantitative estimate of drug-likeness (QED) is 0.376. The van der Waals surface area contributed by atoms with Gasteiger partial charge in [0.2, 0.25) is 5.91 Å². The molecule has 4 heterocycles. The highest BCUT2D eigenvalue weighted by Gasteiger charge is 2.31. The summed E-state index contributed by atoms with van der Waals surface area (Å²) in [5.74, 6) is -0.228. The van der Waals surface area contributed by atoms with Gasteiger partial charge in [-0.2, -0.15) is 0 Å². The average molecular weight is 494 g/mol. The molecule has 0 aliphatic carbocycles. The molecule has 182 valence electrons. The van der Waals surface area contributed by atoms with Crippen molar-refractivity contribution < 1.29 is 9.53 Å². The Morgan fingerprint density at radius 1 is 1.14 bits per heavy atom. The molecular weight excluding hydrogens is 466 g/mol. The number of methoxy groups -OCH3 is 1. The Bertz CT molecular complexity index is 1440. The van der Waals surface area contributed by atoms with Crippen LogP contribution in [0.15, 0.2) is 63.8 Å². The van der Waals surface area contributed by atoms with Gasteiger partial charge in [-0.1, -0.05) is 36.4 Å². The minimum atomic E-state index is -0.538. The summed E-state index contributed by atoms with van der Waals surface area (Å²) in [6, 6.07) is 13.5. The second-order valence-electron chi connectivity index (χ2n) is 8.61. The van der Waals surface area contributed by atoms with Gasteiger partial charge < -0.3 is 14.2 Å². The molecular formula is C25H27N5O4S. The zero-order chi connectivity index (χ0) is 24.4. The van der Waals surface area contributed by atoms with Crippen LogP contribution in [0.1, 0.15) is 29.3 Å². The Kier molecular flexibility index (Phi) is 6.65. The second kappa shape index (κ2) is 10.0. The van der Waals surface area contributed by atoms with E-state index < -0.39 is 11.2 Å². The molecule has 1 amide bonds. The summed E-state index contributed by atoms with van der Waals surface area (Å²) in [5, 5.41) is 2.00. The zero-order valence-electron chi connectivity index (χ0n) is 19.5. The van der Waals surface area contributed by atoms with Gasteiger partial charge in [0, 0.05) is 25.1 Å². The van der Waals surface area contributed by atoms with E-state index in [1.165, 1.54) is 4.57 Å². The number of fused-ring (bicyclic) bond motifs is 1. The summed E-state index contributed by atoms with van der Waals surface area (Å²) in [6.07, 6.45) is 3.32. The molecule has 35 heavy (non-hydrogen) atoms. The van der Waals surface area contributed by atoms with Crippen LogP contribution in [0.5, 0.6) is 0 Å². The number of nitrogens with zero attached hydrogens (tertiary/aromatic N) is 5. The normalized spacial score (nSPS) is 15.8. The smallest absolute Gasteiger partial charge is 0.333 e. The maximum Gasteiger partial charge on any atom is 0.333 e. The minimum absolute atomic E-state index is 0.0132. The molecule has 10 heteroatoms. The summed E-state index contributed by atoms with van der Waals surface area (Å²) in [5.41, 5.74) is 0.450. The number of benzene rings is 1. The fourth-order valence-electron chi connectivity index (χ4n) is 4.71. The molecule has 4 aromatic rings. The van der Waals surface area contributed by atoms with Crippen molar-refractivity contribution in [2.45, 2.75) is 38.5 Å². The van der Waals surface area contributed by atoms with Crippen LogP contribution in [0.2, 0.25) is 0 Å². The highest BCUT2D eigenvalue weighted by atomic mass is 32.1. The number of aromatic nitrogens is 4. The Hall–Kier alpha value is -3.50. The highest BCUT2D eigenvalue weighted by molar-refractivity contribution is 7.10. The fourth-order valence-corrected chi connectivity index (χ4v) is 5.59. The van der Waals surface area contributed by atoms with E-state index in [1.807, 2.05) is 47.8 Å². The Morgan fingerprint density at radius 3 is 2.71 bits per heavy atom. The van der Waals surface area contributed by atoms with E-state index in [1.54, 1.807) is 34.2 Å². The van der Waals surface area contributed by atoms with E-state index in [9.17, 15) is 14.4 Å². The summed E-state index contributed by atoms with van der Waals surface area (Å²) >= 11 is 1.62. The van der Waals surface area contributed by atoms with Crippen molar-refractivity contribution in [3.8, 4) is 0 Å². The molecule has 0 radical (unpaired) electrons. The van der Waals surface area contributed by atoms with Gasteiger partial charge >= 0.3 is 5.69 Å². The van der Waals surface area contributed by atoms with Crippen molar-refractivity contribution in [1.29, 1.82) is 0 Å². The van der Waals surface area contributed by atoms with Gasteiger partial charge in [0.05, 0.1) is 25.5 Å². The molecule has 0 unspecified atom stereocenters. The standard InChI is InChI=1S/C25H27N5O4S/c1-34-13-12-27-17-26-23-22(27)24(32)30(25(33)29(23)15-18-7-3-2-4-8-18)16-21(31)28-11-5-9-19(28)20-10-6-14-35-20/h2-4,6-8,10,14,17,19H,5,9,11-13,15-16H2,1H3/t19-/m1/s1. The van der Waals surface area contributed by atoms with Crippen LogP contribution < -0.4 is 11.2 Å². The third-order valence-electron chi connectivity index (χ3n) is 6.44. The monoisotopic (exact) mass is 493 g/mol. The number of thiophene rings is 1. The molecule has 1 fully saturated rings. The number of carbonyl (C=O) groups excluding carboxylic acids is 1. The number of hydrogen-bond acceptors (Lipinski definition) is 6. The van der Waals surface area contributed by atoms with E-state index in [0.29, 0.717) is 30.9 Å². The summed E-state index contributed by atoms with van der Waals surface area (Å²) in [7, 11) is 1.58. The number of likely N-dealkylation sites (tertiary alicyclic amines) is 1. The minimum Gasteiger partial charge on any atom is -0.383 e. The zero-order valence-corrected chi connectivity index (χ0v) is 20.3. The van der Waals surface area contributed by atoms with Crippen LogP contribution in [0.25, 0.3) is 11.2 Å². The molecule has 1 atom stereocenters. The largest absolute Gasteiger partial charge is 0.383 e. The van der Waals surface area contributed by atoms with Crippen LogP contribution in [0, 0.1) is 0 Å². The van der Waals surface area contributed by atoms with E-state index in [4.69, 9.17) is 4.74 Å². The number of hydrogen-bond donors (Lipinski definition) is 0. The van der Waals surface area contributed by atoms with E-state index in [0.717, 1.165) is 27.8 Å². The van der Waals surface area contributed by atoms with Gasteiger partial charge in [0.15, 0.2) is 11.2 Å². The number of amides is 1. The average Bonchev–Trinajstić information content (AvgIpc) is 3.64. The van der Waals surface area contributed by atoms with Gasteiger partial charge in [-0.15, -0.1) is 11.3 Å². The van der Waals surface area contributed by atoms with Gasteiger partial charge in [0.1, 0.15) is 6.54 Å². The van der Waals surface area contributed by atoms with Crippen LogP contribution in [0.4, 0.5) is 0 Å². The lowest BCUT2D eigenvalue weighted by atomic mass is 10.2. The van der Waals surface area contributed by atoms with E-state index in [-0.39, 0.29) is 25.0 Å². The molecule has 5 rings (SSSR count). The Morgan fingerprint density at radius 2 is 1.97 bits per heavy atom. The van der Waals surface area contributed by atoms with Crippen LogP contribution >= 0.6 is 11.3 Å². The number of rotatable bonds is 8.